The molecule has 0 saturated carbocycles. The molecule has 0 aliphatic carbocycles. The number of aliphatic hydroxyl groups is 3. The Balaban J connectivity index is 4.00. The van der Waals surface area contributed by atoms with Crippen LogP contribution >= 0.6 is 0 Å². The van der Waals surface area contributed by atoms with E-state index >= 15 is 0 Å². The smallest absolute Gasteiger partial charge is 0.306 e. The summed E-state index contributed by atoms with van der Waals surface area (Å²) in [6, 6.07) is 0. The van der Waals surface area contributed by atoms with Gasteiger partial charge < -0.3 is 25.2 Å². The van der Waals surface area contributed by atoms with Crippen LogP contribution in [-0.4, -0.2) is 57.8 Å². The molecule has 0 spiro atoms. The van der Waals surface area contributed by atoms with E-state index in [0.717, 1.165) is 0 Å². The lowest BCUT2D eigenvalue weighted by molar-refractivity contribution is -0.151. The number of ether oxygens (including phenoxy) is 1. The molecule has 4 N–H and O–H groups in total. The van der Waals surface area contributed by atoms with Crippen molar-refractivity contribution in [3.05, 3.63) is 0 Å². The van der Waals surface area contributed by atoms with Crippen molar-refractivity contribution in [1.82, 2.24) is 0 Å². The van der Waals surface area contributed by atoms with E-state index in [1.165, 1.54) is 0 Å². The van der Waals surface area contributed by atoms with Gasteiger partial charge >= 0.3 is 11.9 Å². The number of unbranched alkanes of at least 4 members (excludes halogenated alkanes) is 1. The van der Waals surface area contributed by atoms with Crippen molar-refractivity contribution in [3.63, 3.8) is 0 Å². The number of hydrogen-bond donors (Lipinski definition) is 4. The zero-order chi connectivity index (χ0) is 15.4. The van der Waals surface area contributed by atoms with Gasteiger partial charge in [-0.15, -0.1) is 0 Å². The fraction of sp³-hybridized carbons (Fsp3) is 0.846. The molecule has 7 heteroatoms. The minimum Gasteiger partial charge on any atom is -0.481 e. The third-order valence-electron chi connectivity index (χ3n) is 2.75. The first-order chi connectivity index (χ1) is 9.49. The predicted molar refractivity (Wildman–Crippen MR) is 70.0 cm³/mol. The molecule has 0 aromatic carbocycles. The average molecular weight is 292 g/mol. The maximum Gasteiger partial charge on any atom is 0.306 e. The molecular formula is C13H24O7. The molecule has 0 aromatic heterocycles. The lowest BCUT2D eigenvalue weighted by Gasteiger charge is -2.19. The second-order valence-electron chi connectivity index (χ2n) is 4.65. The third kappa shape index (κ3) is 10.7. The van der Waals surface area contributed by atoms with E-state index in [0.29, 0.717) is 25.7 Å². The molecule has 0 bridgehead atoms. The summed E-state index contributed by atoms with van der Waals surface area (Å²) in [6.45, 7) is -0.451. The summed E-state index contributed by atoms with van der Waals surface area (Å²) in [5.74, 6) is -1.35. The summed E-state index contributed by atoms with van der Waals surface area (Å²) < 4.78 is 5.16. The summed E-state index contributed by atoms with van der Waals surface area (Å²) in [6.07, 6.45) is 0.448. The standard InChI is InChI=1S/C13H24O7/c14-7-3-4-11(8-10(16)9-15)20-13(19)6-2-1-5-12(17)18/h10-11,14-16H,1-9H2,(H,17,18). The van der Waals surface area contributed by atoms with Gasteiger partial charge in [0, 0.05) is 25.9 Å². The van der Waals surface area contributed by atoms with Crippen LogP contribution in [0.3, 0.4) is 0 Å². The molecule has 2 unspecified atom stereocenters. The molecule has 0 aromatic rings. The number of carboxylic acid groups (broad SMARTS) is 1. The van der Waals surface area contributed by atoms with Gasteiger partial charge in [-0.25, -0.2) is 0 Å². The van der Waals surface area contributed by atoms with Gasteiger partial charge in [0.05, 0.1) is 12.7 Å². The number of esters is 1. The molecule has 2 atom stereocenters. The first kappa shape index (κ1) is 18.8. The Bertz CT molecular complexity index is 280. The zero-order valence-electron chi connectivity index (χ0n) is 11.5. The number of hydrogen-bond acceptors (Lipinski definition) is 6. The van der Waals surface area contributed by atoms with Crippen LogP contribution in [-0.2, 0) is 14.3 Å². The Labute approximate surface area is 118 Å². The van der Waals surface area contributed by atoms with Crippen LogP contribution in [0.25, 0.3) is 0 Å². The molecule has 0 aliphatic heterocycles. The van der Waals surface area contributed by atoms with Crippen molar-refractivity contribution in [1.29, 1.82) is 0 Å². The van der Waals surface area contributed by atoms with Crippen molar-refractivity contribution in [3.8, 4) is 0 Å². The van der Waals surface area contributed by atoms with Gasteiger partial charge in [-0.05, 0) is 25.7 Å². The highest BCUT2D eigenvalue weighted by atomic mass is 16.5. The van der Waals surface area contributed by atoms with Crippen LogP contribution in [0.15, 0.2) is 0 Å². The quantitative estimate of drug-likeness (QED) is 0.296. The number of rotatable bonds is 12. The molecule has 7 nitrogen and oxygen atoms in total. The topological polar surface area (TPSA) is 124 Å². The number of aliphatic hydroxyl groups excluding tert-OH is 3. The Morgan fingerprint density at radius 3 is 2.25 bits per heavy atom. The first-order valence-corrected chi connectivity index (χ1v) is 6.80. The highest BCUT2D eigenvalue weighted by molar-refractivity contribution is 5.70. The summed E-state index contributed by atoms with van der Waals surface area (Å²) >= 11 is 0. The minimum absolute atomic E-state index is 0.0183. The number of carbonyl (C=O) groups is 2. The van der Waals surface area contributed by atoms with Gasteiger partial charge in [0.1, 0.15) is 6.10 Å². The lowest BCUT2D eigenvalue weighted by Crippen LogP contribution is -2.26. The maximum atomic E-state index is 11.6. The SMILES string of the molecule is O=C(O)CCCCC(=O)OC(CCCO)CC(O)CO. The third-order valence-corrected chi connectivity index (χ3v) is 2.75. The predicted octanol–water partition coefficient (Wildman–Crippen LogP) is 0.0590. The Kier molecular flexibility index (Phi) is 10.9. The fourth-order valence-corrected chi connectivity index (χ4v) is 1.71. The van der Waals surface area contributed by atoms with Crippen molar-refractivity contribution in [2.75, 3.05) is 13.2 Å². The molecule has 0 aliphatic rings. The monoisotopic (exact) mass is 292 g/mol. The average Bonchev–Trinajstić information content (AvgIpc) is 2.40. The molecule has 0 heterocycles. The van der Waals surface area contributed by atoms with E-state index in [2.05, 4.69) is 0 Å². The largest absolute Gasteiger partial charge is 0.481 e. The van der Waals surface area contributed by atoms with Crippen LogP contribution in [0, 0.1) is 0 Å². The minimum atomic E-state index is -0.960. The van der Waals surface area contributed by atoms with Gasteiger partial charge in [-0.2, -0.15) is 0 Å². The summed E-state index contributed by atoms with van der Waals surface area (Å²) in [7, 11) is 0. The van der Waals surface area contributed by atoms with E-state index in [1.807, 2.05) is 0 Å². The Hall–Kier alpha value is -1.18. The van der Waals surface area contributed by atoms with Crippen LogP contribution in [0.4, 0.5) is 0 Å². The van der Waals surface area contributed by atoms with Crippen molar-refractivity contribution < 1.29 is 34.8 Å². The summed E-state index contributed by atoms with van der Waals surface area (Å²) in [5.41, 5.74) is 0. The molecule has 0 rings (SSSR count). The van der Waals surface area contributed by atoms with Crippen molar-refractivity contribution in [2.45, 2.75) is 57.2 Å². The van der Waals surface area contributed by atoms with Crippen molar-refractivity contribution >= 4 is 11.9 Å². The van der Waals surface area contributed by atoms with Crippen LogP contribution < -0.4 is 0 Å². The van der Waals surface area contributed by atoms with Gasteiger partial charge in [-0.1, -0.05) is 0 Å². The second-order valence-corrected chi connectivity index (χ2v) is 4.65. The molecule has 0 amide bonds. The molecule has 0 saturated heterocycles. The summed E-state index contributed by atoms with van der Waals surface area (Å²) in [4.78, 5) is 21.9. The number of carboxylic acids is 1. The van der Waals surface area contributed by atoms with E-state index in [-0.39, 0.29) is 25.9 Å². The van der Waals surface area contributed by atoms with E-state index in [9.17, 15) is 14.7 Å². The van der Waals surface area contributed by atoms with Crippen LogP contribution in [0.2, 0.25) is 0 Å². The lowest BCUT2D eigenvalue weighted by atomic mass is 10.1. The Morgan fingerprint density at radius 2 is 1.70 bits per heavy atom. The van der Waals surface area contributed by atoms with Gasteiger partial charge in [0.15, 0.2) is 0 Å². The molecule has 20 heavy (non-hydrogen) atoms. The highest BCUT2D eigenvalue weighted by Crippen LogP contribution is 2.12. The van der Waals surface area contributed by atoms with Gasteiger partial charge in [0.2, 0.25) is 0 Å². The van der Waals surface area contributed by atoms with Gasteiger partial charge in [0.25, 0.3) is 0 Å². The normalized spacial score (nSPS) is 13.8. The molecule has 0 fully saturated rings. The van der Waals surface area contributed by atoms with Crippen LogP contribution in [0.5, 0.6) is 0 Å². The number of carbonyl (C=O) groups excluding carboxylic acids is 1. The Morgan fingerprint density at radius 1 is 1.05 bits per heavy atom. The van der Waals surface area contributed by atoms with Gasteiger partial charge in [-0.3, -0.25) is 9.59 Å². The second kappa shape index (κ2) is 11.6. The molecule has 118 valence electrons. The number of aliphatic carboxylic acids is 1. The first-order valence-electron chi connectivity index (χ1n) is 6.80. The zero-order valence-corrected chi connectivity index (χ0v) is 11.5. The molecular weight excluding hydrogens is 268 g/mol. The fourth-order valence-electron chi connectivity index (χ4n) is 1.71. The van der Waals surface area contributed by atoms with Crippen molar-refractivity contribution in [2.24, 2.45) is 0 Å². The molecule has 0 radical (unpaired) electrons. The van der Waals surface area contributed by atoms with E-state index < -0.39 is 30.8 Å². The highest BCUT2D eigenvalue weighted by Gasteiger charge is 2.18. The van der Waals surface area contributed by atoms with Crippen LogP contribution in [0.1, 0.15) is 44.9 Å². The van der Waals surface area contributed by atoms with E-state index in [1.54, 1.807) is 0 Å². The van der Waals surface area contributed by atoms with E-state index in [4.69, 9.17) is 20.1 Å². The summed E-state index contributed by atoms with van der Waals surface area (Å²) in [5, 5.41) is 35.3. The maximum absolute atomic E-state index is 11.6.